The zero-order valence-electron chi connectivity index (χ0n) is 16.4. The Morgan fingerprint density at radius 2 is 1.79 bits per heavy atom. The molecule has 24 heavy (non-hydrogen) atoms. The minimum atomic E-state index is -0.140. The van der Waals surface area contributed by atoms with Crippen LogP contribution in [0.5, 0.6) is 0 Å². The lowest BCUT2D eigenvalue weighted by Crippen LogP contribution is -2.41. The fourth-order valence-corrected chi connectivity index (χ4v) is 3.60. The van der Waals surface area contributed by atoms with Crippen LogP contribution in [0.3, 0.4) is 0 Å². The Morgan fingerprint density at radius 1 is 1.21 bits per heavy atom. The molecular weight excluding hydrogens is 294 g/mol. The lowest BCUT2D eigenvalue weighted by molar-refractivity contribution is -0.106. The molecule has 0 radical (unpaired) electrons. The average Bonchev–Trinajstić information content (AvgIpc) is 2.47. The summed E-state index contributed by atoms with van der Waals surface area (Å²) in [5.41, 5.74) is 3.61. The van der Waals surface area contributed by atoms with E-state index in [2.05, 4.69) is 83.8 Å². The normalized spacial score (nSPS) is 20.9. The van der Waals surface area contributed by atoms with Crippen LogP contribution in [0.25, 0.3) is 0 Å². The molecule has 2 rings (SSSR count). The Labute approximate surface area is 147 Å². The molecule has 1 aromatic carbocycles. The highest BCUT2D eigenvalue weighted by Gasteiger charge is 2.38. The predicted octanol–water partition coefficient (Wildman–Crippen LogP) is 5.15. The Morgan fingerprint density at radius 3 is 2.25 bits per heavy atom. The van der Waals surface area contributed by atoms with Crippen molar-refractivity contribution in [3.8, 4) is 0 Å². The standard InChI is InChI=1S/C22H33NO/c1-16(2)12-23-13-19(15-24)22(6,7)20(14-23)17-8-10-18(11-9-17)21(3,4)5/h8-11,13,15-16,20H,12,14H2,1-7H3. The summed E-state index contributed by atoms with van der Waals surface area (Å²) in [6.07, 6.45) is 3.12. The van der Waals surface area contributed by atoms with Crippen LogP contribution < -0.4 is 0 Å². The molecule has 0 aromatic heterocycles. The largest absolute Gasteiger partial charge is 0.376 e. The van der Waals surface area contributed by atoms with E-state index in [0.717, 1.165) is 24.9 Å². The molecule has 1 aliphatic rings. The van der Waals surface area contributed by atoms with Crippen LogP contribution in [0.1, 0.15) is 65.5 Å². The number of carbonyl (C=O) groups excluding carboxylic acids is 1. The summed E-state index contributed by atoms with van der Waals surface area (Å²) in [4.78, 5) is 14.0. The van der Waals surface area contributed by atoms with E-state index in [1.165, 1.54) is 11.1 Å². The maximum Gasteiger partial charge on any atom is 0.148 e. The topological polar surface area (TPSA) is 20.3 Å². The van der Waals surface area contributed by atoms with Gasteiger partial charge in [0.2, 0.25) is 0 Å². The molecule has 0 spiro atoms. The van der Waals surface area contributed by atoms with Gasteiger partial charge in [-0.3, -0.25) is 4.79 Å². The van der Waals surface area contributed by atoms with E-state index < -0.39 is 0 Å². The van der Waals surface area contributed by atoms with Gasteiger partial charge in [0, 0.05) is 36.2 Å². The van der Waals surface area contributed by atoms with Crippen molar-refractivity contribution in [3.63, 3.8) is 0 Å². The molecule has 2 nitrogen and oxygen atoms in total. The quantitative estimate of drug-likeness (QED) is 0.713. The number of hydrogen-bond donors (Lipinski definition) is 0. The minimum absolute atomic E-state index is 0.140. The summed E-state index contributed by atoms with van der Waals surface area (Å²) in [6.45, 7) is 17.5. The van der Waals surface area contributed by atoms with Gasteiger partial charge < -0.3 is 4.90 Å². The van der Waals surface area contributed by atoms with Crippen molar-refractivity contribution in [2.45, 2.75) is 59.8 Å². The molecular formula is C22H33NO. The van der Waals surface area contributed by atoms with Crippen LogP contribution in [-0.4, -0.2) is 24.3 Å². The highest BCUT2D eigenvalue weighted by molar-refractivity contribution is 5.76. The van der Waals surface area contributed by atoms with Crippen molar-refractivity contribution in [1.82, 2.24) is 4.90 Å². The zero-order valence-corrected chi connectivity index (χ0v) is 16.4. The molecule has 1 aromatic rings. The summed E-state index contributed by atoms with van der Waals surface area (Å²) >= 11 is 0. The zero-order chi connectivity index (χ0) is 18.1. The Bertz CT molecular complexity index is 602. The van der Waals surface area contributed by atoms with E-state index in [-0.39, 0.29) is 10.8 Å². The molecule has 0 fully saturated rings. The number of allylic oxidation sites excluding steroid dienone is 1. The maximum atomic E-state index is 11.7. The first-order chi connectivity index (χ1) is 11.1. The lowest BCUT2D eigenvalue weighted by Gasteiger charge is -2.43. The van der Waals surface area contributed by atoms with E-state index in [1.54, 1.807) is 0 Å². The minimum Gasteiger partial charge on any atom is -0.376 e. The molecule has 1 aliphatic heterocycles. The third kappa shape index (κ3) is 3.91. The summed E-state index contributed by atoms with van der Waals surface area (Å²) in [5, 5.41) is 0. The Hall–Kier alpha value is -1.57. The molecule has 2 heteroatoms. The van der Waals surface area contributed by atoms with Gasteiger partial charge in [-0.2, -0.15) is 0 Å². The fourth-order valence-electron chi connectivity index (χ4n) is 3.60. The number of nitrogens with zero attached hydrogens (tertiary/aromatic N) is 1. The van der Waals surface area contributed by atoms with Gasteiger partial charge in [-0.05, 0) is 22.5 Å². The monoisotopic (exact) mass is 327 g/mol. The first-order valence-corrected chi connectivity index (χ1v) is 9.07. The van der Waals surface area contributed by atoms with Gasteiger partial charge in [0.05, 0.1) is 0 Å². The summed E-state index contributed by atoms with van der Waals surface area (Å²) in [5.74, 6) is 0.912. The van der Waals surface area contributed by atoms with Gasteiger partial charge in [0.25, 0.3) is 0 Å². The van der Waals surface area contributed by atoms with E-state index in [0.29, 0.717) is 11.8 Å². The van der Waals surface area contributed by atoms with E-state index in [1.807, 2.05) is 0 Å². The second kappa shape index (κ2) is 6.74. The van der Waals surface area contributed by atoms with Crippen molar-refractivity contribution >= 4 is 6.29 Å². The van der Waals surface area contributed by atoms with Gasteiger partial charge in [-0.15, -0.1) is 0 Å². The molecule has 0 aliphatic carbocycles. The maximum absolute atomic E-state index is 11.7. The SMILES string of the molecule is CC(C)CN1C=C(C=O)C(C)(C)C(c2ccc(C(C)(C)C)cc2)C1. The van der Waals surface area contributed by atoms with Crippen LogP contribution >= 0.6 is 0 Å². The van der Waals surface area contributed by atoms with Crippen LogP contribution in [0.4, 0.5) is 0 Å². The molecule has 0 saturated heterocycles. The third-order valence-corrected chi connectivity index (χ3v) is 5.26. The van der Waals surface area contributed by atoms with E-state index in [4.69, 9.17) is 0 Å². The molecule has 0 amide bonds. The number of benzene rings is 1. The van der Waals surface area contributed by atoms with E-state index >= 15 is 0 Å². The Kier molecular flexibility index (Phi) is 5.27. The lowest BCUT2D eigenvalue weighted by atomic mass is 9.68. The first-order valence-electron chi connectivity index (χ1n) is 9.07. The average molecular weight is 328 g/mol. The van der Waals surface area contributed by atoms with Crippen molar-refractivity contribution in [2.75, 3.05) is 13.1 Å². The van der Waals surface area contributed by atoms with Crippen LogP contribution in [-0.2, 0) is 10.2 Å². The summed E-state index contributed by atoms with van der Waals surface area (Å²) < 4.78 is 0. The molecule has 1 unspecified atom stereocenters. The highest BCUT2D eigenvalue weighted by Crippen LogP contribution is 2.44. The number of rotatable bonds is 4. The second-order valence-electron chi connectivity index (χ2n) is 9.20. The molecule has 0 N–H and O–H groups in total. The highest BCUT2D eigenvalue weighted by atomic mass is 16.1. The van der Waals surface area contributed by atoms with Crippen molar-refractivity contribution < 1.29 is 4.79 Å². The molecule has 1 atom stereocenters. The first kappa shape index (κ1) is 18.8. The van der Waals surface area contributed by atoms with E-state index in [9.17, 15) is 4.79 Å². The fraction of sp³-hybridized carbons (Fsp3) is 0.591. The van der Waals surface area contributed by atoms with Gasteiger partial charge in [-0.1, -0.05) is 72.7 Å². The van der Waals surface area contributed by atoms with Crippen LogP contribution in [0, 0.1) is 11.3 Å². The van der Waals surface area contributed by atoms with Gasteiger partial charge in [-0.25, -0.2) is 0 Å². The van der Waals surface area contributed by atoms with Gasteiger partial charge in [0.15, 0.2) is 0 Å². The summed E-state index contributed by atoms with van der Waals surface area (Å²) in [6, 6.07) is 9.01. The van der Waals surface area contributed by atoms with Gasteiger partial charge >= 0.3 is 0 Å². The molecule has 132 valence electrons. The second-order valence-corrected chi connectivity index (χ2v) is 9.20. The van der Waals surface area contributed by atoms with Crippen LogP contribution in [0.2, 0.25) is 0 Å². The third-order valence-electron chi connectivity index (χ3n) is 5.26. The molecule has 1 heterocycles. The number of aldehydes is 1. The van der Waals surface area contributed by atoms with Gasteiger partial charge in [0.1, 0.15) is 6.29 Å². The Balaban J connectivity index is 2.37. The van der Waals surface area contributed by atoms with Crippen molar-refractivity contribution in [2.24, 2.45) is 11.3 Å². The van der Waals surface area contributed by atoms with Crippen molar-refractivity contribution in [3.05, 3.63) is 47.2 Å². The predicted molar refractivity (Wildman–Crippen MR) is 102 cm³/mol. The number of carbonyl (C=O) groups is 1. The summed E-state index contributed by atoms with van der Waals surface area (Å²) in [7, 11) is 0. The van der Waals surface area contributed by atoms with Crippen LogP contribution in [0.15, 0.2) is 36.0 Å². The number of hydrogen-bond acceptors (Lipinski definition) is 2. The molecule has 0 saturated carbocycles. The molecule has 0 bridgehead atoms. The van der Waals surface area contributed by atoms with Crippen molar-refractivity contribution in [1.29, 1.82) is 0 Å². The smallest absolute Gasteiger partial charge is 0.148 e.